The summed E-state index contributed by atoms with van der Waals surface area (Å²) >= 11 is 0. The quantitative estimate of drug-likeness (QED) is 0.787. The van der Waals surface area contributed by atoms with Crippen LogP contribution in [0.25, 0.3) is 0 Å². The maximum absolute atomic E-state index is 5.80. The molecular formula is C14H22N2. The van der Waals surface area contributed by atoms with Crippen LogP contribution in [0.15, 0.2) is 18.2 Å². The van der Waals surface area contributed by atoms with E-state index in [4.69, 9.17) is 5.73 Å². The molecule has 0 aromatic heterocycles. The molecule has 0 aliphatic carbocycles. The highest BCUT2D eigenvalue weighted by molar-refractivity contribution is 5.62. The number of anilines is 2. The predicted molar refractivity (Wildman–Crippen MR) is 70.8 cm³/mol. The maximum atomic E-state index is 5.80. The molecule has 0 atom stereocenters. The van der Waals surface area contributed by atoms with Gasteiger partial charge in [0, 0.05) is 24.5 Å². The fourth-order valence-corrected chi connectivity index (χ4v) is 2.41. The van der Waals surface area contributed by atoms with Crippen LogP contribution in [-0.4, -0.2) is 13.1 Å². The van der Waals surface area contributed by atoms with Gasteiger partial charge in [-0.2, -0.15) is 0 Å². The topological polar surface area (TPSA) is 29.3 Å². The Morgan fingerprint density at radius 1 is 1.38 bits per heavy atom. The number of hydrogen-bond acceptors (Lipinski definition) is 2. The summed E-state index contributed by atoms with van der Waals surface area (Å²) < 4.78 is 0. The fraction of sp³-hybridized carbons (Fsp3) is 0.571. The standard InChI is InChI=1S/C14H22N2/c1-11(2)4-3-8-16-9-7-12-10-13(15)5-6-14(12)16/h5-6,10-11H,3-4,7-9,15H2,1-2H3. The molecule has 1 heterocycles. The van der Waals surface area contributed by atoms with E-state index in [0.29, 0.717) is 0 Å². The van der Waals surface area contributed by atoms with Crippen molar-refractivity contribution < 1.29 is 0 Å². The van der Waals surface area contributed by atoms with Crippen molar-refractivity contribution in [1.29, 1.82) is 0 Å². The smallest absolute Gasteiger partial charge is 0.0401 e. The number of fused-ring (bicyclic) bond motifs is 1. The molecule has 2 rings (SSSR count). The van der Waals surface area contributed by atoms with Gasteiger partial charge in [-0.15, -0.1) is 0 Å². The summed E-state index contributed by atoms with van der Waals surface area (Å²) in [4.78, 5) is 2.50. The van der Waals surface area contributed by atoms with Crippen molar-refractivity contribution in [2.75, 3.05) is 23.7 Å². The molecule has 2 N–H and O–H groups in total. The summed E-state index contributed by atoms with van der Waals surface area (Å²) in [6.07, 6.45) is 3.77. The van der Waals surface area contributed by atoms with Crippen molar-refractivity contribution in [3.05, 3.63) is 23.8 Å². The zero-order valence-electron chi connectivity index (χ0n) is 10.4. The molecule has 0 unspecified atom stereocenters. The van der Waals surface area contributed by atoms with E-state index < -0.39 is 0 Å². The molecule has 1 aliphatic rings. The number of hydrogen-bond donors (Lipinski definition) is 1. The Bertz CT molecular complexity index is 358. The molecule has 1 aliphatic heterocycles. The summed E-state index contributed by atoms with van der Waals surface area (Å²) in [5.74, 6) is 0.813. The van der Waals surface area contributed by atoms with Crippen LogP contribution < -0.4 is 10.6 Å². The van der Waals surface area contributed by atoms with E-state index in [0.717, 1.165) is 24.6 Å². The third-order valence-corrected chi connectivity index (χ3v) is 3.30. The average molecular weight is 218 g/mol. The van der Waals surface area contributed by atoms with Crippen molar-refractivity contribution in [1.82, 2.24) is 0 Å². The Labute approximate surface area is 98.4 Å². The molecule has 1 aromatic carbocycles. The first-order valence-electron chi connectivity index (χ1n) is 6.30. The second-order valence-corrected chi connectivity index (χ2v) is 5.16. The highest BCUT2D eigenvalue weighted by Crippen LogP contribution is 2.29. The van der Waals surface area contributed by atoms with E-state index in [1.165, 1.54) is 30.6 Å². The van der Waals surface area contributed by atoms with Gasteiger partial charge in [0.15, 0.2) is 0 Å². The van der Waals surface area contributed by atoms with Gasteiger partial charge in [0.2, 0.25) is 0 Å². The summed E-state index contributed by atoms with van der Waals surface area (Å²) in [5.41, 5.74) is 9.51. The van der Waals surface area contributed by atoms with Crippen molar-refractivity contribution in [3.63, 3.8) is 0 Å². The minimum Gasteiger partial charge on any atom is -0.399 e. The van der Waals surface area contributed by atoms with Gasteiger partial charge in [-0.3, -0.25) is 0 Å². The molecule has 0 amide bonds. The lowest BCUT2D eigenvalue weighted by Crippen LogP contribution is -2.21. The molecule has 0 saturated carbocycles. The molecule has 2 nitrogen and oxygen atoms in total. The van der Waals surface area contributed by atoms with Gasteiger partial charge in [0.25, 0.3) is 0 Å². The summed E-state index contributed by atoms with van der Waals surface area (Å²) in [5, 5.41) is 0. The second-order valence-electron chi connectivity index (χ2n) is 5.16. The number of benzene rings is 1. The van der Waals surface area contributed by atoms with Gasteiger partial charge >= 0.3 is 0 Å². The van der Waals surface area contributed by atoms with Crippen LogP contribution in [0.2, 0.25) is 0 Å². The number of nitrogen functional groups attached to an aromatic ring is 1. The van der Waals surface area contributed by atoms with Crippen LogP contribution in [0.4, 0.5) is 11.4 Å². The lowest BCUT2D eigenvalue weighted by Gasteiger charge is -2.19. The Morgan fingerprint density at radius 2 is 2.19 bits per heavy atom. The Morgan fingerprint density at radius 3 is 2.94 bits per heavy atom. The van der Waals surface area contributed by atoms with Gasteiger partial charge in [-0.25, -0.2) is 0 Å². The fourth-order valence-electron chi connectivity index (χ4n) is 2.41. The number of nitrogens with zero attached hydrogens (tertiary/aromatic N) is 1. The third-order valence-electron chi connectivity index (χ3n) is 3.30. The maximum Gasteiger partial charge on any atom is 0.0401 e. The zero-order chi connectivity index (χ0) is 11.5. The van der Waals surface area contributed by atoms with Crippen molar-refractivity contribution in [2.24, 2.45) is 5.92 Å². The molecule has 2 heteroatoms. The predicted octanol–water partition coefficient (Wildman–Crippen LogP) is 3.07. The molecule has 88 valence electrons. The Kier molecular flexibility index (Phi) is 3.37. The van der Waals surface area contributed by atoms with Crippen LogP contribution in [0.3, 0.4) is 0 Å². The van der Waals surface area contributed by atoms with E-state index in [1.807, 2.05) is 6.07 Å². The first-order valence-corrected chi connectivity index (χ1v) is 6.30. The highest BCUT2D eigenvalue weighted by atomic mass is 15.1. The van der Waals surface area contributed by atoms with Crippen molar-refractivity contribution in [3.8, 4) is 0 Å². The van der Waals surface area contributed by atoms with Crippen molar-refractivity contribution >= 4 is 11.4 Å². The SMILES string of the molecule is CC(C)CCCN1CCc2cc(N)ccc21. The van der Waals surface area contributed by atoms with Gasteiger partial charge in [-0.1, -0.05) is 13.8 Å². The van der Waals surface area contributed by atoms with E-state index >= 15 is 0 Å². The Hall–Kier alpha value is -1.18. The second kappa shape index (κ2) is 4.77. The molecular weight excluding hydrogens is 196 g/mol. The summed E-state index contributed by atoms with van der Waals surface area (Å²) in [7, 11) is 0. The van der Waals surface area contributed by atoms with Gasteiger partial charge in [-0.05, 0) is 48.9 Å². The van der Waals surface area contributed by atoms with E-state index in [1.54, 1.807) is 0 Å². The van der Waals surface area contributed by atoms with Crippen LogP contribution in [0.5, 0.6) is 0 Å². The van der Waals surface area contributed by atoms with Crippen molar-refractivity contribution in [2.45, 2.75) is 33.1 Å². The molecule has 0 saturated heterocycles. The minimum atomic E-state index is 0.813. The van der Waals surface area contributed by atoms with Gasteiger partial charge in [0.1, 0.15) is 0 Å². The molecule has 1 aromatic rings. The van der Waals surface area contributed by atoms with Crippen LogP contribution in [0.1, 0.15) is 32.3 Å². The lowest BCUT2D eigenvalue weighted by molar-refractivity contribution is 0.552. The molecule has 0 radical (unpaired) electrons. The minimum absolute atomic E-state index is 0.813. The average Bonchev–Trinajstić information content (AvgIpc) is 2.60. The highest BCUT2D eigenvalue weighted by Gasteiger charge is 2.18. The molecule has 0 bridgehead atoms. The first kappa shape index (κ1) is 11.3. The van der Waals surface area contributed by atoms with Gasteiger partial charge in [0.05, 0.1) is 0 Å². The van der Waals surface area contributed by atoms with E-state index in [9.17, 15) is 0 Å². The lowest BCUT2D eigenvalue weighted by atomic mass is 10.1. The third kappa shape index (κ3) is 2.49. The monoisotopic (exact) mass is 218 g/mol. The molecule has 0 spiro atoms. The van der Waals surface area contributed by atoms with Crippen LogP contribution >= 0.6 is 0 Å². The molecule has 0 fully saturated rings. The van der Waals surface area contributed by atoms with Crippen LogP contribution in [0, 0.1) is 5.92 Å². The number of nitrogens with two attached hydrogens (primary N) is 1. The molecule has 16 heavy (non-hydrogen) atoms. The largest absolute Gasteiger partial charge is 0.399 e. The van der Waals surface area contributed by atoms with E-state index in [-0.39, 0.29) is 0 Å². The first-order chi connectivity index (χ1) is 7.66. The van der Waals surface area contributed by atoms with Crippen LogP contribution in [-0.2, 0) is 6.42 Å². The normalized spacial score (nSPS) is 14.6. The van der Waals surface area contributed by atoms with Gasteiger partial charge < -0.3 is 10.6 Å². The Balaban J connectivity index is 1.95. The summed E-state index contributed by atoms with van der Waals surface area (Å²) in [6.45, 7) is 6.93. The summed E-state index contributed by atoms with van der Waals surface area (Å²) in [6, 6.07) is 6.31. The van der Waals surface area contributed by atoms with E-state index in [2.05, 4.69) is 30.9 Å². The zero-order valence-corrected chi connectivity index (χ0v) is 10.4. The number of rotatable bonds is 4.